The molecular formula is C15H20N2OS. The second-order valence-corrected chi connectivity index (χ2v) is 5.52. The Morgan fingerprint density at radius 1 is 1.32 bits per heavy atom. The third-order valence-corrected chi connectivity index (χ3v) is 4.02. The maximum absolute atomic E-state index is 12.4. The summed E-state index contributed by atoms with van der Waals surface area (Å²) in [5, 5.41) is 0. The third-order valence-electron chi connectivity index (χ3n) is 3.79. The molecule has 0 saturated heterocycles. The number of carbonyl (C=O) groups excluding carboxylic acids is 1. The summed E-state index contributed by atoms with van der Waals surface area (Å²) in [6, 6.07) is 7.24. The highest BCUT2D eigenvalue weighted by molar-refractivity contribution is 7.80. The minimum atomic E-state index is 0.101. The van der Waals surface area contributed by atoms with Crippen molar-refractivity contribution in [1.29, 1.82) is 0 Å². The summed E-state index contributed by atoms with van der Waals surface area (Å²) in [6.45, 7) is 3.67. The SMILES string of the molecule is CCN(CC1CCC1)C(=O)c1ccc(C(N)=S)cc1. The average molecular weight is 276 g/mol. The van der Waals surface area contributed by atoms with Gasteiger partial charge in [0.05, 0.1) is 0 Å². The molecule has 2 rings (SSSR count). The minimum absolute atomic E-state index is 0.101. The fraction of sp³-hybridized carbons (Fsp3) is 0.467. The van der Waals surface area contributed by atoms with Crippen LogP contribution in [0, 0.1) is 5.92 Å². The maximum Gasteiger partial charge on any atom is 0.253 e. The van der Waals surface area contributed by atoms with Crippen LogP contribution >= 0.6 is 12.2 Å². The van der Waals surface area contributed by atoms with E-state index < -0.39 is 0 Å². The number of nitrogens with zero attached hydrogens (tertiary/aromatic N) is 1. The molecule has 0 unspecified atom stereocenters. The first-order valence-corrected chi connectivity index (χ1v) is 7.21. The second-order valence-electron chi connectivity index (χ2n) is 5.08. The molecule has 19 heavy (non-hydrogen) atoms. The van der Waals surface area contributed by atoms with Crippen molar-refractivity contribution in [2.45, 2.75) is 26.2 Å². The van der Waals surface area contributed by atoms with Crippen LogP contribution in [0.2, 0.25) is 0 Å². The Bertz CT molecular complexity index is 466. The smallest absolute Gasteiger partial charge is 0.253 e. The fourth-order valence-corrected chi connectivity index (χ4v) is 2.44. The molecule has 1 aromatic carbocycles. The summed E-state index contributed by atoms with van der Waals surface area (Å²) in [4.78, 5) is 14.7. The van der Waals surface area contributed by atoms with Gasteiger partial charge in [0.2, 0.25) is 0 Å². The number of carbonyl (C=O) groups is 1. The molecule has 1 amide bonds. The molecule has 4 heteroatoms. The molecule has 0 spiro atoms. The summed E-state index contributed by atoms with van der Waals surface area (Å²) in [6.07, 6.45) is 3.81. The Labute approximate surface area is 119 Å². The molecule has 1 aliphatic rings. The van der Waals surface area contributed by atoms with E-state index in [9.17, 15) is 4.79 Å². The van der Waals surface area contributed by atoms with E-state index in [0.29, 0.717) is 16.5 Å². The van der Waals surface area contributed by atoms with Crippen molar-refractivity contribution in [2.75, 3.05) is 13.1 Å². The monoisotopic (exact) mass is 276 g/mol. The van der Waals surface area contributed by atoms with E-state index in [1.54, 1.807) is 12.1 Å². The van der Waals surface area contributed by atoms with E-state index in [1.807, 2.05) is 24.0 Å². The average Bonchev–Trinajstić information content (AvgIpc) is 2.37. The predicted octanol–water partition coefficient (Wildman–Crippen LogP) is 2.58. The fourth-order valence-electron chi connectivity index (χ4n) is 2.30. The number of nitrogens with two attached hydrogens (primary N) is 1. The Kier molecular flexibility index (Phi) is 4.53. The van der Waals surface area contributed by atoms with Gasteiger partial charge in [0.15, 0.2) is 0 Å². The van der Waals surface area contributed by atoms with Gasteiger partial charge in [-0.2, -0.15) is 0 Å². The van der Waals surface area contributed by atoms with Gasteiger partial charge in [-0.05, 0) is 37.8 Å². The molecule has 0 aromatic heterocycles. The van der Waals surface area contributed by atoms with Crippen molar-refractivity contribution in [3.8, 4) is 0 Å². The largest absolute Gasteiger partial charge is 0.389 e. The second kappa shape index (κ2) is 6.15. The van der Waals surface area contributed by atoms with Gasteiger partial charge in [0.25, 0.3) is 5.91 Å². The first-order valence-electron chi connectivity index (χ1n) is 6.81. The third kappa shape index (κ3) is 3.32. The minimum Gasteiger partial charge on any atom is -0.389 e. The summed E-state index contributed by atoms with van der Waals surface area (Å²) >= 11 is 4.91. The van der Waals surface area contributed by atoms with Gasteiger partial charge in [0.1, 0.15) is 4.99 Å². The van der Waals surface area contributed by atoms with Crippen LogP contribution in [-0.4, -0.2) is 28.9 Å². The zero-order valence-electron chi connectivity index (χ0n) is 11.3. The topological polar surface area (TPSA) is 46.3 Å². The van der Waals surface area contributed by atoms with Crippen molar-refractivity contribution >= 4 is 23.1 Å². The molecule has 1 saturated carbocycles. The lowest BCUT2D eigenvalue weighted by Crippen LogP contribution is -2.37. The number of hydrogen-bond acceptors (Lipinski definition) is 2. The van der Waals surface area contributed by atoms with E-state index in [1.165, 1.54) is 19.3 Å². The van der Waals surface area contributed by atoms with E-state index in [-0.39, 0.29) is 5.91 Å². The van der Waals surface area contributed by atoms with Crippen molar-refractivity contribution in [1.82, 2.24) is 4.90 Å². The maximum atomic E-state index is 12.4. The molecule has 3 nitrogen and oxygen atoms in total. The molecule has 102 valence electrons. The van der Waals surface area contributed by atoms with Gasteiger partial charge in [-0.15, -0.1) is 0 Å². The Morgan fingerprint density at radius 3 is 2.32 bits per heavy atom. The molecule has 1 fully saturated rings. The van der Waals surface area contributed by atoms with Gasteiger partial charge >= 0.3 is 0 Å². The normalized spacial score (nSPS) is 14.8. The number of thiocarbonyl (C=S) groups is 1. The van der Waals surface area contributed by atoms with Gasteiger partial charge in [-0.1, -0.05) is 30.8 Å². The Balaban J connectivity index is 2.05. The van der Waals surface area contributed by atoms with Crippen molar-refractivity contribution in [3.05, 3.63) is 35.4 Å². The van der Waals surface area contributed by atoms with E-state index >= 15 is 0 Å². The zero-order chi connectivity index (χ0) is 13.8. The highest BCUT2D eigenvalue weighted by Crippen LogP contribution is 2.27. The molecule has 1 aliphatic carbocycles. The molecule has 2 N–H and O–H groups in total. The van der Waals surface area contributed by atoms with Crippen LogP contribution in [0.1, 0.15) is 42.1 Å². The van der Waals surface area contributed by atoms with Gasteiger partial charge < -0.3 is 10.6 Å². The van der Waals surface area contributed by atoms with Crippen LogP contribution in [0.5, 0.6) is 0 Å². The van der Waals surface area contributed by atoms with Gasteiger partial charge in [0, 0.05) is 24.2 Å². The standard InChI is InChI=1S/C15H20N2OS/c1-2-17(10-11-4-3-5-11)15(18)13-8-6-12(7-9-13)14(16)19/h6-9,11H,2-5,10H2,1H3,(H2,16,19). The van der Waals surface area contributed by atoms with Crippen LogP contribution in [0.25, 0.3) is 0 Å². The Hall–Kier alpha value is -1.42. The van der Waals surface area contributed by atoms with Crippen LogP contribution in [-0.2, 0) is 0 Å². The van der Waals surface area contributed by atoms with Crippen molar-refractivity contribution in [2.24, 2.45) is 11.7 Å². The summed E-state index contributed by atoms with van der Waals surface area (Å²) in [5.74, 6) is 0.795. The highest BCUT2D eigenvalue weighted by atomic mass is 32.1. The number of hydrogen-bond donors (Lipinski definition) is 1. The van der Waals surface area contributed by atoms with E-state index in [2.05, 4.69) is 0 Å². The van der Waals surface area contributed by atoms with Crippen LogP contribution < -0.4 is 5.73 Å². The molecule has 0 heterocycles. The molecule has 0 bridgehead atoms. The number of benzene rings is 1. The lowest BCUT2D eigenvalue weighted by atomic mass is 9.85. The summed E-state index contributed by atoms with van der Waals surface area (Å²) < 4.78 is 0. The molecular weight excluding hydrogens is 256 g/mol. The first-order chi connectivity index (χ1) is 9.11. The van der Waals surface area contributed by atoms with Gasteiger partial charge in [-0.3, -0.25) is 4.79 Å². The zero-order valence-corrected chi connectivity index (χ0v) is 12.1. The van der Waals surface area contributed by atoms with E-state index in [0.717, 1.165) is 18.7 Å². The summed E-state index contributed by atoms with van der Waals surface area (Å²) in [5.41, 5.74) is 7.06. The molecule has 0 aliphatic heterocycles. The van der Waals surface area contributed by atoms with Gasteiger partial charge in [-0.25, -0.2) is 0 Å². The molecule has 0 radical (unpaired) electrons. The quantitative estimate of drug-likeness (QED) is 0.841. The number of rotatable bonds is 5. The lowest BCUT2D eigenvalue weighted by molar-refractivity contribution is 0.0706. The number of amides is 1. The van der Waals surface area contributed by atoms with E-state index in [4.69, 9.17) is 18.0 Å². The Morgan fingerprint density at radius 2 is 1.89 bits per heavy atom. The lowest BCUT2D eigenvalue weighted by Gasteiger charge is -2.31. The highest BCUT2D eigenvalue weighted by Gasteiger charge is 2.23. The molecule has 1 aromatic rings. The summed E-state index contributed by atoms with van der Waals surface area (Å²) in [7, 11) is 0. The van der Waals surface area contributed by atoms with Crippen molar-refractivity contribution in [3.63, 3.8) is 0 Å². The molecule has 0 atom stereocenters. The predicted molar refractivity (Wildman–Crippen MR) is 81.2 cm³/mol. The van der Waals surface area contributed by atoms with Crippen LogP contribution in [0.15, 0.2) is 24.3 Å². The van der Waals surface area contributed by atoms with Crippen molar-refractivity contribution < 1.29 is 4.79 Å². The van der Waals surface area contributed by atoms with Crippen LogP contribution in [0.3, 0.4) is 0 Å². The van der Waals surface area contributed by atoms with Crippen LogP contribution in [0.4, 0.5) is 0 Å². The first kappa shape index (κ1) is 14.0.